The number of nitro groups is 2. The van der Waals surface area contributed by atoms with Crippen molar-refractivity contribution >= 4 is 19.2 Å². The van der Waals surface area contributed by atoms with E-state index < -0.39 is 42.0 Å². The van der Waals surface area contributed by atoms with Crippen LogP contribution in [-0.4, -0.2) is 35.8 Å². The highest BCUT2D eigenvalue weighted by atomic mass is 31.2. The number of benzene rings is 3. The third-order valence-corrected chi connectivity index (χ3v) is 10.2. The third kappa shape index (κ3) is 19.0. The summed E-state index contributed by atoms with van der Waals surface area (Å²) in [6.07, 6.45) is 19.1. The number of unbranched alkanes of at least 4 members (excludes halogenated alkanes) is 15. The molecule has 0 heterocycles. The number of hydrogen-bond acceptors (Lipinski definition) is 10. The molecule has 0 radical (unpaired) electrons. The molecule has 0 aliphatic carbocycles. The van der Waals surface area contributed by atoms with Gasteiger partial charge in [0.05, 0.1) is 29.7 Å². The van der Waals surface area contributed by atoms with Crippen LogP contribution in [-0.2, 0) is 25.2 Å². The van der Waals surface area contributed by atoms with E-state index in [-0.39, 0.29) is 36.1 Å². The van der Waals surface area contributed by atoms with Crippen molar-refractivity contribution in [3.8, 4) is 11.5 Å². The molecule has 3 rings (SSSR count). The second-order valence-electron chi connectivity index (χ2n) is 13.5. The van der Waals surface area contributed by atoms with Crippen molar-refractivity contribution in [2.24, 2.45) is 0 Å². The second kappa shape index (κ2) is 26.0. The Hall–Kier alpha value is -3.97. The van der Waals surface area contributed by atoms with Gasteiger partial charge in [-0.15, -0.1) is 0 Å². The Labute approximate surface area is 322 Å². The van der Waals surface area contributed by atoms with Gasteiger partial charge in [0.15, 0.2) is 11.6 Å². The van der Waals surface area contributed by atoms with Crippen LogP contribution in [0.15, 0.2) is 66.7 Å². The number of non-ortho nitro benzene ring substituents is 2. The molecule has 55 heavy (non-hydrogen) atoms. The minimum Gasteiger partial charge on any atom is -0.395 e. The highest BCUT2D eigenvalue weighted by Crippen LogP contribution is 2.50. The predicted octanol–water partition coefficient (Wildman–Crippen LogP) is 12.2. The summed E-state index contributed by atoms with van der Waals surface area (Å²) >= 11 is 0. The smallest absolute Gasteiger partial charge is 0.395 e. The molecule has 0 spiro atoms. The average Bonchev–Trinajstić information content (AvgIpc) is 3.16. The molecule has 0 N–H and O–H groups in total. The maximum atomic E-state index is 14.0. The van der Waals surface area contributed by atoms with Gasteiger partial charge < -0.3 is 18.5 Å². The van der Waals surface area contributed by atoms with Crippen molar-refractivity contribution < 1.29 is 46.2 Å². The molecule has 15 heteroatoms. The van der Waals surface area contributed by atoms with E-state index in [1.807, 2.05) is 0 Å². The molecule has 0 aromatic heterocycles. The lowest BCUT2D eigenvalue weighted by Crippen LogP contribution is -2.26. The summed E-state index contributed by atoms with van der Waals surface area (Å²) in [5.41, 5.74) is -0.118. The fourth-order valence-electron chi connectivity index (χ4n) is 5.72. The molecule has 0 fully saturated rings. The van der Waals surface area contributed by atoms with E-state index in [1.54, 1.807) is 0 Å². The van der Waals surface area contributed by atoms with Crippen molar-refractivity contribution in [2.75, 3.05) is 19.8 Å². The van der Waals surface area contributed by atoms with E-state index in [0.29, 0.717) is 12.2 Å². The molecule has 0 bridgehead atoms. The number of hydrogen-bond donors (Lipinski definition) is 0. The zero-order valence-electron chi connectivity index (χ0n) is 31.8. The highest BCUT2D eigenvalue weighted by Gasteiger charge is 2.33. The molecule has 304 valence electrons. The lowest BCUT2D eigenvalue weighted by atomic mass is 10.0. The molecule has 1 atom stereocenters. The first-order valence-electron chi connectivity index (χ1n) is 19.3. The first-order chi connectivity index (χ1) is 26.6. The van der Waals surface area contributed by atoms with Crippen molar-refractivity contribution in [2.45, 2.75) is 122 Å². The van der Waals surface area contributed by atoms with Crippen LogP contribution in [0.25, 0.3) is 0 Å². The number of nitro benzene ring substituents is 2. The fourth-order valence-corrected chi connectivity index (χ4v) is 6.97. The molecule has 0 unspecified atom stereocenters. The number of nitrogens with zero attached hydrogens (tertiary/aromatic N) is 2. The van der Waals surface area contributed by atoms with Crippen LogP contribution in [0.3, 0.4) is 0 Å². The van der Waals surface area contributed by atoms with Gasteiger partial charge in [-0.25, -0.2) is 13.3 Å². The number of phosphoric ester groups is 1. The van der Waals surface area contributed by atoms with Gasteiger partial charge in [-0.1, -0.05) is 109 Å². The Kier molecular flexibility index (Phi) is 21.5. The van der Waals surface area contributed by atoms with Crippen LogP contribution in [0.4, 0.5) is 20.2 Å². The van der Waals surface area contributed by atoms with Gasteiger partial charge >= 0.3 is 7.82 Å². The van der Waals surface area contributed by atoms with Gasteiger partial charge in [-0.05, 0) is 48.4 Å². The van der Waals surface area contributed by atoms with Crippen LogP contribution in [0, 0.1) is 31.9 Å². The SMILES string of the molecule is CCCCCCCCCCCCCCCCCCOC[C@H](COP(=O)(Oc1ccc([N+](=O)[O-])cc1)Oc1ccc([N+](=O)[O-])cc1)OCc1ccc(F)c(F)c1. The number of halogens is 2. The Morgan fingerprint density at radius 2 is 1.07 bits per heavy atom. The zero-order valence-corrected chi connectivity index (χ0v) is 32.6. The lowest BCUT2D eigenvalue weighted by Gasteiger charge is -2.23. The summed E-state index contributed by atoms with van der Waals surface area (Å²) in [7, 11) is -4.57. The molecule has 0 aliphatic rings. The number of ether oxygens (including phenoxy) is 2. The summed E-state index contributed by atoms with van der Waals surface area (Å²) < 4.78 is 70.0. The monoisotopic (exact) mass is 792 g/mol. The Bertz CT molecular complexity index is 1530. The van der Waals surface area contributed by atoms with Crippen molar-refractivity contribution in [3.05, 3.63) is 104 Å². The van der Waals surface area contributed by atoms with Gasteiger partial charge in [0.25, 0.3) is 11.4 Å². The summed E-state index contributed by atoms with van der Waals surface area (Å²) in [4.78, 5) is 21.0. The van der Waals surface area contributed by atoms with Crippen LogP contribution in [0.2, 0.25) is 0 Å². The van der Waals surface area contributed by atoms with Crippen LogP contribution in [0.1, 0.15) is 115 Å². The zero-order chi connectivity index (χ0) is 39.7. The third-order valence-electron chi connectivity index (χ3n) is 8.86. The van der Waals surface area contributed by atoms with E-state index in [9.17, 15) is 33.6 Å². The second-order valence-corrected chi connectivity index (χ2v) is 15.0. The molecular formula is C40H55F2N2O10P. The summed E-state index contributed by atoms with van der Waals surface area (Å²) in [6, 6.07) is 12.8. The van der Waals surface area contributed by atoms with E-state index in [2.05, 4.69) is 6.92 Å². The van der Waals surface area contributed by atoms with Gasteiger partial charge in [0.1, 0.15) is 17.6 Å². The minimum atomic E-state index is -4.57. The van der Waals surface area contributed by atoms with Crippen molar-refractivity contribution in [3.63, 3.8) is 0 Å². The van der Waals surface area contributed by atoms with Gasteiger partial charge in [-0.3, -0.25) is 24.8 Å². The molecule has 0 saturated heterocycles. The van der Waals surface area contributed by atoms with Crippen LogP contribution in [0.5, 0.6) is 11.5 Å². The Balaban J connectivity index is 1.50. The fraction of sp³-hybridized carbons (Fsp3) is 0.550. The van der Waals surface area contributed by atoms with Gasteiger partial charge in [0.2, 0.25) is 0 Å². The Morgan fingerprint density at radius 1 is 0.618 bits per heavy atom. The van der Waals surface area contributed by atoms with E-state index in [4.69, 9.17) is 23.0 Å². The maximum Gasteiger partial charge on any atom is 0.587 e. The first-order valence-corrected chi connectivity index (χ1v) is 20.8. The molecule has 0 amide bonds. The Morgan fingerprint density at radius 3 is 1.51 bits per heavy atom. The van der Waals surface area contributed by atoms with Crippen LogP contribution >= 0.6 is 7.82 Å². The van der Waals surface area contributed by atoms with Crippen molar-refractivity contribution in [1.29, 1.82) is 0 Å². The summed E-state index contributed by atoms with van der Waals surface area (Å²) in [5.74, 6) is -2.19. The first kappa shape index (κ1) is 45.4. The van der Waals surface area contributed by atoms with E-state index >= 15 is 0 Å². The molecular weight excluding hydrogens is 737 g/mol. The average molecular weight is 793 g/mol. The van der Waals surface area contributed by atoms with Gasteiger partial charge in [0, 0.05) is 30.9 Å². The largest absolute Gasteiger partial charge is 0.587 e. The maximum absolute atomic E-state index is 14.0. The quantitative estimate of drug-likeness (QED) is 0.0266. The normalized spacial score (nSPS) is 12.1. The van der Waals surface area contributed by atoms with Crippen LogP contribution < -0.4 is 9.05 Å². The molecule has 3 aromatic rings. The number of rotatable bonds is 31. The topological polar surface area (TPSA) is 150 Å². The van der Waals surface area contributed by atoms with Crippen molar-refractivity contribution in [1.82, 2.24) is 0 Å². The van der Waals surface area contributed by atoms with Gasteiger partial charge in [-0.2, -0.15) is 0 Å². The van der Waals surface area contributed by atoms with E-state index in [0.717, 1.165) is 55.7 Å². The molecule has 0 saturated carbocycles. The standard InChI is InChI=1S/C40H55F2N2O10P/c1-2-3-4-5-6-7-8-9-10-11-12-13-14-15-16-17-28-50-31-38(51-30-33-18-27-39(41)40(42)29-33)32-52-55(49,53-36-23-19-34(20-24-36)43(45)46)54-37-25-21-35(22-26-37)44(47)48/h18-27,29,38H,2-17,28,30-32H2,1H3/t38-/m1/s1. The van der Waals surface area contributed by atoms with E-state index in [1.165, 1.54) is 114 Å². The summed E-state index contributed by atoms with van der Waals surface area (Å²) in [6.45, 7) is 2.12. The summed E-state index contributed by atoms with van der Waals surface area (Å²) in [5, 5.41) is 22.2. The highest BCUT2D eigenvalue weighted by molar-refractivity contribution is 7.49. The molecule has 3 aromatic carbocycles. The lowest BCUT2D eigenvalue weighted by molar-refractivity contribution is -0.385. The number of phosphoric acid groups is 1. The predicted molar refractivity (Wildman–Crippen MR) is 206 cm³/mol. The minimum absolute atomic E-state index is 0.00250. The molecule has 12 nitrogen and oxygen atoms in total. The molecule has 0 aliphatic heterocycles.